The van der Waals surface area contributed by atoms with E-state index in [1.807, 2.05) is 11.9 Å². The van der Waals surface area contributed by atoms with E-state index in [0.29, 0.717) is 18.5 Å². The molecule has 0 aromatic rings. The fourth-order valence-electron chi connectivity index (χ4n) is 1.43. The molecule has 0 aromatic carbocycles. The van der Waals surface area contributed by atoms with Crippen LogP contribution in [-0.2, 0) is 4.79 Å². The van der Waals surface area contributed by atoms with Gasteiger partial charge in [-0.05, 0) is 12.8 Å². The van der Waals surface area contributed by atoms with Gasteiger partial charge in [-0.2, -0.15) is 0 Å². The van der Waals surface area contributed by atoms with Crippen molar-refractivity contribution in [2.45, 2.75) is 18.9 Å². The molecule has 0 aromatic heterocycles. The largest absolute Gasteiger partial charge is 0.370 e. The summed E-state index contributed by atoms with van der Waals surface area (Å²) in [7, 11) is 1.81. The summed E-state index contributed by atoms with van der Waals surface area (Å²) in [4.78, 5) is 19.3. The molecule has 1 amide bonds. The molecule has 2 aliphatic rings. The van der Waals surface area contributed by atoms with Gasteiger partial charge in [-0.3, -0.25) is 4.79 Å². The monoisotopic (exact) mass is 196 g/mol. The van der Waals surface area contributed by atoms with E-state index in [0.717, 1.165) is 25.9 Å². The number of carbonyl (C=O) groups is 1. The Morgan fingerprint density at radius 1 is 1.50 bits per heavy atom. The van der Waals surface area contributed by atoms with Gasteiger partial charge in [-0.1, -0.05) is 0 Å². The highest BCUT2D eigenvalue weighted by Crippen LogP contribution is 2.23. The first-order chi connectivity index (χ1) is 6.66. The van der Waals surface area contributed by atoms with Gasteiger partial charge in [-0.15, -0.1) is 0 Å². The number of hydrogen-bond acceptors (Lipinski definition) is 2. The molecule has 2 fully saturated rings. The van der Waals surface area contributed by atoms with Crippen molar-refractivity contribution in [1.29, 1.82) is 0 Å². The summed E-state index contributed by atoms with van der Waals surface area (Å²) in [5.74, 6) is 0.652. The molecule has 14 heavy (non-hydrogen) atoms. The van der Waals surface area contributed by atoms with Gasteiger partial charge in [0.1, 0.15) is 0 Å². The second-order valence-electron chi connectivity index (χ2n) is 3.96. The van der Waals surface area contributed by atoms with Gasteiger partial charge in [0.05, 0.1) is 12.6 Å². The second kappa shape index (κ2) is 3.48. The molecule has 0 spiro atoms. The molecule has 2 rings (SSSR count). The predicted octanol–water partition coefficient (Wildman–Crippen LogP) is -0.762. The maximum atomic E-state index is 11.4. The van der Waals surface area contributed by atoms with Gasteiger partial charge < -0.3 is 15.5 Å². The zero-order chi connectivity index (χ0) is 10.1. The maximum absolute atomic E-state index is 11.4. The van der Waals surface area contributed by atoms with Crippen LogP contribution in [0.4, 0.5) is 0 Å². The van der Waals surface area contributed by atoms with Crippen molar-refractivity contribution < 1.29 is 4.79 Å². The Morgan fingerprint density at radius 2 is 2.21 bits per heavy atom. The van der Waals surface area contributed by atoms with Crippen LogP contribution >= 0.6 is 0 Å². The zero-order valence-corrected chi connectivity index (χ0v) is 8.44. The Hall–Kier alpha value is -1.26. The van der Waals surface area contributed by atoms with Crippen LogP contribution in [0.5, 0.6) is 0 Å². The van der Waals surface area contributed by atoms with E-state index in [9.17, 15) is 4.79 Å². The predicted molar refractivity (Wildman–Crippen MR) is 53.9 cm³/mol. The molecule has 1 aliphatic heterocycles. The van der Waals surface area contributed by atoms with Crippen LogP contribution in [0.2, 0.25) is 0 Å². The number of aliphatic imine (C=N–C) groups is 1. The van der Waals surface area contributed by atoms with Crippen LogP contribution in [0.3, 0.4) is 0 Å². The minimum Gasteiger partial charge on any atom is -0.370 e. The van der Waals surface area contributed by atoms with Gasteiger partial charge in [0.15, 0.2) is 5.96 Å². The van der Waals surface area contributed by atoms with Crippen molar-refractivity contribution in [3.63, 3.8) is 0 Å². The molecule has 1 saturated carbocycles. The molecular formula is C9H16N4O. The number of amides is 1. The molecule has 1 aliphatic carbocycles. The number of likely N-dealkylation sites (N-methyl/N-ethyl adjacent to an activating group) is 1. The van der Waals surface area contributed by atoms with Crippen LogP contribution < -0.4 is 5.73 Å². The average Bonchev–Trinajstić information content (AvgIpc) is 2.93. The molecule has 78 valence electrons. The molecule has 1 heterocycles. The molecule has 2 N–H and O–H groups in total. The fraction of sp³-hybridized carbons (Fsp3) is 0.778. The minimum absolute atomic E-state index is 0.116. The molecule has 0 atom stereocenters. The van der Waals surface area contributed by atoms with Crippen LogP contribution in [0.1, 0.15) is 12.8 Å². The summed E-state index contributed by atoms with van der Waals surface area (Å²) in [5.41, 5.74) is 5.80. The quantitative estimate of drug-likeness (QED) is 0.443. The van der Waals surface area contributed by atoms with Gasteiger partial charge in [0.25, 0.3) is 0 Å². The molecule has 5 nitrogen and oxygen atoms in total. The third-order valence-electron chi connectivity index (χ3n) is 2.64. The van der Waals surface area contributed by atoms with Crippen LogP contribution in [0.15, 0.2) is 4.99 Å². The lowest BCUT2D eigenvalue weighted by molar-refractivity contribution is -0.132. The molecule has 0 unspecified atom stereocenters. The number of hydrogen-bond donors (Lipinski definition) is 1. The van der Waals surface area contributed by atoms with Gasteiger partial charge in [0.2, 0.25) is 5.91 Å². The van der Waals surface area contributed by atoms with E-state index in [-0.39, 0.29) is 5.91 Å². The van der Waals surface area contributed by atoms with E-state index in [1.165, 1.54) is 0 Å². The summed E-state index contributed by atoms with van der Waals surface area (Å²) in [6.07, 6.45) is 2.28. The number of rotatable bonds is 1. The number of carbonyl (C=O) groups excluding carboxylic acids is 1. The summed E-state index contributed by atoms with van der Waals surface area (Å²) in [5, 5.41) is 0. The number of nitrogens with two attached hydrogens (primary N) is 1. The Morgan fingerprint density at radius 3 is 2.79 bits per heavy atom. The van der Waals surface area contributed by atoms with Crippen molar-refractivity contribution in [1.82, 2.24) is 9.80 Å². The lowest BCUT2D eigenvalue weighted by Gasteiger charge is -2.32. The Bertz CT molecular complexity index is 272. The highest BCUT2D eigenvalue weighted by molar-refractivity contribution is 5.86. The van der Waals surface area contributed by atoms with Gasteiger partial charge in [-0.25, -0.2) is 4.99 Å². The van der Waals surface area contributed by atoms with Crippen molar-refractivity contribution in [2.75, 3.05) is 26.7 Å². The van der Waals surface area contributed by atoms with E-state index < -0.39 is 0 Å². The van der Waals surface area contributed by atoms with E-state index in [2.05, 4.69) is 4.99 Å². The van der Waals surface area contributed by atoms with E-state index in [1.54, 1.807) is 4.90 Å². The van der Waals surface area contributed by atoms with E-state index in [4.69, 9.17) is 5.73 Å². The van der Waals surface area contributed by atoms with Gasteiger partial charge in [0, 0.05) is 20.1 Å². The molecule has 0 radical (unpaired) electrons. The summed E-state index contributed by atoms with van der Waals surface area (Å²) in [6, 6.07) is 0.421. The first-order valence-electron chi connectivity index (χ1n) is 4.99. The number of piperazine rings is 1. The third kappa shape index (κ3) is 1.97. The number of nitrogens with zero attached hydrogens (tertiary/aromatic N) is 3. The second-order valence-corrected chi connectivity index (χ2v) is 3.96. The molecule has 5 heteroatoms. The average molecular weight is 196 g/mol. The Labute approximate surface area is 83.6 Å². The maximum Gasteiger partial charge on any atom is 0.242 e. The van der Waals surface area contributed by atoms with Crippen LogP contribution in [0.25, 0.3) is 0 Å². The Balaban J connectivity index is 1.94. The first kappa shape index (κ1) is 9.30. The minimum atomic E-state index is 0.116. The molecular weight excluding hydrogens is 180 g/mol. The SMILES string of the molecule is CN1CCN(C(N)=NC2CC2)CC1=O. The topological polar surface area (TPSA) is 61.9 Å². The van der Waals surface area contributed by atoms with Crippen LogP contribution in [-0.4, -0.2) is 54.4 Å². The summed E-state index contributed by atoms with van der Waals surface area (Å²) >= 11 is 0. The van der Waals surface area contributed by atoms with Crippen molar-refractivity contribution in [3.8, 4) is 0 Å². The van der Waals surface area contributed by atoms with Crippen molar-refractivity contribution in [3.05, 3.63) is 0 Å². The highest BCUT2D eigenvalue weighted by atomic mass is 16.2. The van der Waals surface area contributed by atoms with Crippen LogP contribution in [0, 0.1) is 0 Å². The summed E-state index contributed by atoms with van der Waals surface area (Å²) < 4.78 is 0. The highest BCUT2D eigenvalue weighted by Gasteiger charge is 2.25. The standard InChI is InChI=1S/C9H16N4O/c1-12-4-5-13(6-8(12)14)9(10)11-7-2-3-7/h7H,2-6H2,1H3,(H2,10,11). The third-order valence-corrected chi connectivity index (χ3v) is 2.64. The zero-order valence-electron chi connectivity index (χ0n) is 8.44. The van der Waals surface area contributed by atoms with E-state index >= 15 is 0 Å². The molecule has 1 saturated heterocycles. The fourth-order valence-corrected chi connectivity index (χ4v) is 1.43. The Kier molecular flexibility index (Phi) is 2.31. The summed E-state index contributed by atoms with van der Waals surface area (Å²) in [6.45, 7) is 1.91. The number of guanidine groups is 1. The first-order valence-corrected chi connectivity index (χ1v) is 4.99. The molecule has 0 bridgehead atoms. The smallest absolute Gasteiger partial charge is 0.242 e. The lowest BCUT2D eigenvalue weighted by Crippen LogP contribution is -2.52. The van der Waals surface area contributed by atoms with Crippen molar-refractivity contribution in [2.24, 2.45) is 10.7 Å². The van der Waals surface area contributed by atoms with Crippen molar-refractivity contribution >= 4 is 11.9 Å². The normalized spacial score (nSPS) is 24.4. The van der Waals surface area contributed by atoms with Gasteiger partial charge >= 0.3 is 0 Å². The lowest BCUT2D eigenvalue weighted by atomic mass is 10.3.